The molecule has 0 spiro atoms. The third-order valence-electron chi connectivity index (χ3n) is 2.45. The van der Waals surface area contributed by atoms with E-state index in [1.807, 2.05) is 29.6 Å². The fraction of sp³-hybridized carbons (Fsp3) is 0.0769. The van der Waals surface area contributed by atoms with E-state index in [0.29, 0.717) is 0 Å². The second-order valence-electron chi connectivity index (χ2n) is 3.87. The van der Waals surface area contributed by atoms with E-state index >= 15 is 0 Å². The fourth-order valence-corrected chi connectivity index (χ4v) is 1.64. The van der Waals surface area contributed by atoms with Gasteiger partial charge in [-0.25, -0.2) is 4.79 Å². The van der Waals surface area contributed by atoms with Crippen molar-refractivity contribution in [2.75, 3.05) is 6.61 Å². The molecule has 6 nitrogen and oxygen atoms in total. The number of imide groups is 1. The monoisotopic (exact) mass is 260 g/mol. The van der Waals surface area contributed by atoms with Crippen LogP contribution >= 0.6 is 0 Å². The summed E-state index contributed by atoms with van der Waals surface area (Å²) in [5, 5.41) is 13.3. The highest BCUT2D eigenvalue weighted by atomic mass is 16.5. The van der Waals surface area contributed by atoms with Crippen LogP contribution in [0.4, 0.5) is 4.79 Å². The molecule has 0 aliphatic carbocycles. The zero-order chi connectivity index (χ0) is 13.8. The average Bonchev–Trinajstić information content (AvgIpc) is 2.35. The molecule has 3 amide bonds. The molecule has 2 aromatic rings. The predicted molar refractivity (Wildman–Crippen MR) is 68.8 cm³/mol. The highest BCUT2D eigenvalue weighted by Gasteiger charge is 2.09. The van der Waals surface area contributed by atoms with Crippen LogP contribution in [0.3, 0.4) is 0 Å². The molecule has 2 rings (SSSR count). The number of phenols is 1. The summed E-state index contributed by atoms with van der Waals surface area (Å²) in [5.41, 5.74) is 4.79. The summed E-state index contributed by atoms with van der Waals surface area (Å²) in [6.07, 6.45) is 0. The maximum Gasteiger partial charge on any atom is 0.318 e. The zero-order valence-electron chi connectivity index (χ0n) is 9.92. The number of carbonyl (C=O) groups is 2. The van der Waals surface area contributed by atoms with Gasteiger partial charge < -0.3 is 15.6 Å². The van der Waals surface area contributed by atoms with Crippen molar-refractivity contribution >= 4 is 22.7 Å². The Labute approximate surface area is 108 Å². The number of ether oxygens (including phenoxy) is 1. The van der Waals surface area contributed by atoms with Crippen LogP contribution in [0.25, 0.3) is 10.8 Å². The molecule has 19 heavy (non-hydrogen) atoms. The lowest BCUT2D eigenvalue weighted by Gasteiger charge is -2.08. The van der Waals surface area contributed by atoms with E-state index < -0.39 is 18.5 Å². The summed E-state index contributed by atoms with van der Waals surface area (Å²) in [6.45, 7) is -0.408. The van der Waals surface area contributed by atoms with Crippen molar-refractivity contribution in [3.63, 3.8) is 0 Å². The number of phenolic OH excluding ortho intramolecular Hbond substituents is 1. The molecule has 0 aliphatic heterocycles. The minimum Gasteiger partial charge on any atom is -0.504 e. The number of aromatic hydroxyl groups is 1. The summed E-state index contributed by atoms with van der Waals surface area (Å²) >= 11 is 0. The normalized spacial score (nSPS) is 10.1. The number of hydrogen-bond acceptors (Lipinski definition) is 4. The Balaban J connectivity index is 2.14. The highest BCUT2D eigenvalue weighted by molar-refractivity contribution is 5.94. The Morgan fingerprint density at radius 2 is 1.84 bits per heavy atom. The van der Waals surface area contributed by atoms with E-state index in [2.05, 4.69) is 0 Å². The van der Waals surface area contributed by atoms with Crippen molar-refractivity contribution in [2.24, 2.45) is 5.73 Å². The van der Waals surface area contributed by atoms with Crippen molar-refractivity contribution < 1.29 is 19.4 Å². The first kappa shape index (κ1) is 12.7. The van der Waals surface area contributed by atoms with Crippen molar-refractivity contribution in [1.82, 2.24) is 5.32 Å². The first-order valence-corrected chi connectivity index (χ1v) is 5.50. The molecule has 0 bridgehead atoms. The van der Waals surface area contributed by atoms with Gasteiger partial charge in [0.15, 0.2) is 18.1 Å². The van der Waals surface area contributed by atoms with Gasteiger partial charge in [-0.3, -0.25) is 10.1 Å². The van der Waals surface area contributed by atoms with Gasteiger partial charge in [-0.05, 0) is 22.9 Å². The van der Waals surface area contributed by atoms with Gasteiger partial charge in [0, 0.05) is 0 Å². The number of fused-ring (bicyclic) bond motifs is 1. The van der Waals surface area contributed by atoms with E-state index in [-0.39, 0.29) is 11.5 Å². The second kappa shape index (κ2) is 5.26. The topological polar surface area (TPSA) is 102 Å². The van der Waals surface area contributed by atoms with Gasteiger partial charge in [0.1, 0.15) is 0 Å². The molecular weight excluding hydrogens is 248 g/mol. The summed E-state index contributed by atoms with van der Waals surface area (Å²) in [6, 6.07) is 9.60. The van der Waals surface area contributed by atoms with Gasteiger partial charge in [0.25, 0.3) is 5.91 Å². The van der Waals surface area contributed by atoms with E-state index in [9.17, 15) is 14.7 Å². The van der Waals surface area contributed by atoms with Gasteiger partial charge in [0.2, 0.25) is 0 Å². The van der Waals surface area contributed by atoms with Crippen LogP contribution in [-0.2, 0) is 4.79 Å². The SMILES string of the molecule is NC(=O)NC(=O)COc1cc2ccccc2cc1O. The first-order valence-electron chi connectivity index (χ1n) is 5.50. The lowest BCUT2D eigenvalue weighted by atomic mass is 10.1. The molecule has 4 N–H and O–H groups in total. The minimum absolute atomic E-state index is 0.0782. The van der Waals surface area contributed by atoms with Gasteiger partial charge in [-0.1, -0.05) is 24.3 Å². The molecule has 0 saturated carbocycles. The molecule has 0 aromatic heterocycles. The fourth-order valence-electron chi connectivity index (χ4n) is 1.64. The third kappa shape index (κ3) is 3.12. The lowest BCUT2D eigenvalue weighted by molar-refractivity contribution is -0.121. The molecule has 0 heterocycles. The first-order chi connectivity index (χ1) is 9.06. The van der Waals surface area contributed by atoms with Crippen molar-refractivity contribution in [1.29, 1.82) is 0 Å². The molecule has 6 heteroatoms. The van der Waals surface area contributed by atoms with Gasteiger partial charge in [-0.15, -0.1) is 0 Å². The Morgan fingerprint density at radius 3 is 2.47 bits per heavy atom. The molecule has 0 unspecified atom stereocenters. The number of benzene rings is 2. The Bertz CT molecular complexity index is 640. The molecule has 0 saturated heterocycles. The summed E-state index contributed by atoms with van der Waals surface area (Å²) in [5.74, 6) is -0.594. The summed E-state index contributed by atoms with van der Waals surface area (Å²) in [4.78, 5) is 21.6. The van der Waals surface area contributed by atoms with Crippen molar-refractivity contribution in [2.45, 2.75) is 0 Å². The largest absolute Gasteiger partial charge is 0.504 e. The molecule has 0 aliphatic rings. The molecule has 0 atom stereocenters. The number of carbonyl (C=O) groups excluding carboxylic acids is 2. The maximum atomic E-state index is 11.2. The van der Waals surface area contributed by atoms with Crippen LogP contribution in [0, 0.1) is 0 Å². The lowest BCUT2D eigenvalue weighted by Crippen LogP contribution is -2.38. The van der Waals surface area contributed by atoms with Gasteiger partial charge in [0.05, 0.1) is 0 Å². The number of urea groups is 1. The van der Waals surface area contributed by atoms with Crippen LogP contribution in [0.5, 0.6) is 11.5 Å². The van der Waals surface area contributed by atoms with E-state index in [0.717, 1.165) is 10.8 Å². The Hall–Kier alpha value is -2.76. The Morgan fingerprint density at radius 1 is 1.21 bits per heavy atom. The van der Waals surface area contributed by atoms with E-state index in [1.54, 1.807) is 6.07 Å². The third-order valence-corrected chi connectivity index (χ3v) is 2.45. The molecule has 98 valence electrons. The molecule has 0 radical (unpaired) electrons. The maximum absolute atomic E-state index is 11.2. The summed E-state index contributed by atoms with van der Waals surface area (Å²) < 4.78 is 5.14. The minimum atomic E-state index is -0.948. The number of rotatable bonds is 3. The number of nitrogens with one attached hydrogen (secondary N) is 1. The quantitative estimate of drug-likeness (QED) is 0.769. The molecule has 2 aromatic carbocycles. The molecular formula is C13H12N2O4. The van der Waals surface area contributed by atoms with Crippen LogP contribution in [0.1, 0.15) is 0 Å². The van der Waals surface area contributed by atoms with Crippen molar-refractivity contribution in [3.8, 4) is 11.5 Å². The predicted octanol–water partition coefficient (Wildman–Crippen LogP) is 1.12. The second-order valence-corrected chi connectivity index (χ2v) is 3.87. The number of nitrogens with two attached hydrogens (primary N) is 1. The van der Waals surface area contributed by atoms with Crippen LogP contribution in [-0.4, -0.2) is 23.7 Å². The molecule has 0 fully saturated rings. The van der Waals surface area contributed by atoms with Crippen LogP contribution < -0.4 is 15.8 Å². The van der Waals surface area contributed by atoms with Gasteiger partial charge >= 0.3 is 6.03 Å². The Kier molecular flexibility index (Phi) is 3.51. The summed E-state index contributed by atoms with van der Waals surface area (Å²) in [7, 11) is 0. The highest BCUT2D eigenvalue weighted by Crippen LogP contribution is 2.31. The standard InChI is InChI=1S/C13H12N2O4/c14-13(18)15-12(17)7-19-11-6-9-4-2-1-3-8(9)5-10(11)16/h1-6,16H,7H2,(H3,14,15,17,18). The number of amides is 3. The smallest absolute Gasteiger partial charge is 0.318 e. The zero-order valence-corrected chi connectivity index (χ0v) is 9.92. The van der Waals surface area contributed by atoms with E-state index in [4.69, 9.17) is 10.5 Å². The van der Waals surface area contributed by atoms with E-state index in [1.165, 1.54) is 6.07 Å². The van der Waals surface area contributed by atoms with Crippen LogP contribution in [0.15, 0.2) is 36.4 Å². The number of hydrogen-bond donors (Lipinski definition) is 3. The van der Waals surface area contributed by atoms with Crippen molar-refractivity contribution in [3.05, 3.63) is 36.4 Å². The number of primary amides is 1. The average molecular weight is 260 g/mol. The van der Waals surface area contributed by atoms with Gasteiger partial charge in [-0.2, -0.15) is 0 Å². The van der Waals surface area contributed by atoms with Crippen LogP contribution in [0.2, 0.25) is 0 Å².